The number of aryl methyl sites for hydroxylation is 1. The molecule has 4 aromatic rings. The average molecular weight is 495 g/mol. The van der Waals surface area contributed by atoms with Crippen LogP contribution in [0.25, 0.3) is 22.3 Å². The lowest BCUT2D eigenvalue weighted by molar-refractivity contribution is 0.102. The predicted molar refractivity (Wildman–Crippen MR) is 134 cm³/mol. The maximum absolute atomic E-state index is 13.5. The topological polar surface area (TPSA) is 93.9 Å². The molecule has 1 amide bonds. The van der Waals surface area contributed by atoms with E-state index in [2.05, 4.69) is 10.4 Å². The Morgan fingerprint density at radius 2 is 1.88 bits per heavy atom. The number of pyridine rings is 1. The normalized spacial score (nSPS) is 17.2. The van der Waals surface area contributed by atoms with Crippen LogP contribution in [0.3, 0.4) is 0 Å². The molecule has 0 spiro atoms. The van der Waals surface area contributed by atoms with E-state index < -0.39 is 9.84 Å². The number of aromatic nitrogens is 3. The van der Waals surface area contributed by atoms with Crippen molar-refractivity contribution in [3.63, 3.8) is 0 Å². The molecular weight excluding hydrogens is 472 g/mol. The molecule has 0 radical (unpaired) electrons. The van der Waals surface area contributed by atoms with Crippen LogP contribution in [0, 0.1) is 13.8 Å². The lowest BCUT2D eigenvalue weighted by Crippen LogP contribution is -2.15. The van der Waals surface area contributed by atoms with Crippen molar-refractivity contribution in [1.29, 1.82) is 0 Å². The van der Waals surface area contributed by atoms with E-state index in [4.69, 9.17) is 16.6 Å². The third kappa shape index (κ3) is 4.08. The Hall–Kier alpha value is -3.23. The zero-order valence-corrected chi connectivity index (χ0v) is 20.3. The van der Waals surface area contributed by atoms with Gasteiger partial charge in [0.25, 0.3) is 5.91 Å². The second kappa shape index (κ2) is 8.52. The Balaban J connectivity index is 1.68. The number of nitrogens with zero attached hydrogens (tertiary/aromatic N) is 3. The maximum Gasteiger partial charge on any atom is 0.256 e. The van der Waals surface area contributed by atoms with Crippen molar-refractivity contribution in [3.8, 4) is 11.3 Å². The SMILES string of the molecule is Cc1c(Cl)cccc1NC(=O)c1cc(-c2ccccc2)nc2c1c(C)nn2C1CCS(=O)(=O)C1. The summed E-state index contributed by atoms with van der Waals surface area (Å²) in [6.45, 7) is 3.66. The van der Waals surface area contributed by atoms with Crippen LogP contribution in [0.2, 0.25) is 5.02 Å². The smallest absolute Gasteiger partial charge is 0.256 e. The monoisotopic (exact) mass is 494 g/mol. The second-order valence-electron chi connectivity index (χ2n) is 8.57. The predicted octanol–water partition coefficient (Wildman–Crippen LogP) is 4.98. The third-order valence-corrected chi connectivity index (χ3v) is 8.38. The summed E-state index contributed by atoms with van der Waals surface area (Å²) in [4.78, 5) is 18.4. The summed E-state index contributed by atoms with van der Waals surface area (Å²) >= 11 is 6.24. The fourth-order valence-electron chi connectivity index (χ4n) is 4.40. The van der Waals surface area contributed by atoms with Gasteiger partial charge in [-0.05, 0) is 44.0 Å². The van der Waals surface area contributed by atoms with E-state index in [9.17, 15) is 13.2 Å². The van der Waals surface area contributed by atoms with E-state index in [1.807, 2.05) is 44.2 Å². The first kappa shape index (κ1) is 22.6. The first-order chi connectivity index (χ1) is 16.2. The van der Waals surface area contributed by atoms with Gasteiger partial charge in [0.1, 0.15) is 0 Å². The van der Waals surface area contributed by atoms with E-state index in [-0.39, 0.29) is 23.5 Å². The quantitative estimate of drug-likeness (QED) is 0.431. The highest BCUT2D eigenvalue weighted by molar-refractivity contribution is 7.91. The number of carbonyl (C=O) groups is 1. The van der Waals surface area contributed by atoms with Crippen LogP contribution in [0.1, 0.15) is 34.1 Å². The molecule has 34 heavy (non-hydrogen) atoms. The Morgan fingerprint density at radius 3 is 2.59 bits per heavy atom. The van der Waals surface area contributed by atoms with E-state index in [0.717, 1.165) is 11.1 Å². The molecule has 1 aliphatic heterocycles. The number of rotatable bonds is 4. The number of benzene rings is 2. The zero-order valence-electron chi connectivity index (χ0n) is 18.7. The van der Waals surface area contributed by atoms with Gasteiger partial charge in [-0.2, -0.15) is 5.10 Å². The van der Waals surface area contributed by atoms with Crippen LogP contribution >= 0.6 is 11.6 Å². The Morgan fingerprint density at radius 1 is 1.12 bits per heavy atom. The molecule has 3 heterocycles. The van der Waals surface area contributed by atoms with Crippen molar-refractivity contribution in [1.82, 2.24) is 14.8 Å². The van der Waals surface area contributed by atoms with Crippen LogP contribution < -0.4 is 5.32 Å². The van der Waals surface area contributed by atoms with E-state index in [1.165, 1.54) is 0 Å². The van der Waals surface area contributed by atoms with Crippen molar-refractivity contribution < 1.29 is 13.2 Å². The highest BCUT2D eigenvalue weighted by Crippen LogP contribution is 2.33. The number of sulfone groups is 1. The van der Waals surface area contributed by atoms with Crippen LogP contribution in [0.15, 0.2) is 54.6 Å². The summed E-state index contributed by atoms with van der Waals surface area (Å²) in [6, 6.07) is 16.4. The molecular formula is C25H23ClN4O3S. The highest BCUT2D eigenvalue weighted by atomic mass is 35.5. The van der Waals surface area contributed by atoms with Gasteiger partial charge in [-0.15, -0.1) is 0 Å². The number of halogens is 1. The van der Waals surface area contributed by atoms with Gasteiger partial charge in [0.05, 0.1) is 39.9 Å². The first-order valence-corrected chi connectivity index (χ1v) is 13.2. The molecule has 1 fully saturated rings. The van der Waals surface area contributed by atoms with Crippen LogP contribution in [0.4, 0.5) is 5.69 Å². The minimum atomic E-state index is -3.12. The van der Waals surface area contributed by atoms with Gasteiger partial charge in [-0.25, -0.2) is 18.1 Å². The summed E-state index contributed by atoms with van der Waals surface area (Å²) in [7, 11) is -3.12. The summed E-state index contributed by atoms with van der Waals surface area (Å²) in [5.41, 5.74) is 4.41. The lowest BCUT2D eigenvalue weighted by Gasteiger charge is -2.13. The molecule has 0 saturated carbocycles. The van der Waals surface area contributed by atoms with Crippen molar-refractivity contribution >= 4 is 44.1 Å². The summed E-state index contributed by atoms with van der Waals surface area (Å²) in [6.07, 6.45) is 0.471. The van der Waals surface area contributed by atoms with Crippen molar-refractivity contribution in [3.05, 3.63) is 76.4 Å². The lowest BCUT2D eigenvalue weighted by atomic mass is 10.0. The molecule has 2 aromatic carbocycles. The fraction of sp³-hybridized carbons (Fsp3) is 0.240. The van der Waals surface area contributed by atoms with Gasteiger partial charge >= 0.3 is 0 Å². The number of amides is 1. The number of nitrogens with one attached hydrogen (secondary N) is 1. The summed E-state index contributed by atoms with van der Waals surface area (Å²) in [5.74, 6) is -0.168. The van der Waals surface area contributed by atoms with Crippen molar-refractivity contribution in [2.75, 3.05) is 16.8 Å². The zero-order chi connectivity index (χ0) is 24.0. The standard InChI is InChI=1S/C25H23ClN4O3S/c1-15-20(26)9-6-10-21(15)28-25(31)19-13-22(17-7-4-3-5-8-17)27-24-23(19)16(2)29-30(24)18-11-12-34(32,33)14-18/h3-10,13,18H,11-12,14H2,1-2H3,(H,28,31). The molecule has 1 atom stereocenters. The molecule has 2 aromatic heterocycles. The largest absolute Gasteiger partial charge is 0.322 e. The van der Waals surface area contributed by atoms with E-state index >= 15 is 0 Å². The number of hydrogen-bond acceptors (Lipinski definition) is 5. The molecule has 1 N–H and O–H groups in total. The minimum Gasteiger partial charge on any atom is -0.322 e. The Labute approximate surface area is 202 Å². The van der Waals surface area contributed by atoms with E-state index in [0.29, 0.717) is 45.1 Å². The molecule has 0 aliphatic carbocycles. The molecule has 9 heteroatoms. The molecule has 1 aliphatic rings. The van der Waals surface area contributed by atoms with Gasteiger partial charge in [0, 0.05) is 16.3 Å². The molecule has 5 rings (SSSR count). The average Bonchev–Trinajstić information content (AvgIpc) is 3.35. The number of anilines is 1. The van der Waals surface area contributed by atoms with Crippen LogP contribution in [0.5, 0.6) is 0 Å². The molecule has 1 saturated heterocycles. The molecule has 174 valence electrons. The van der Waals surface area contributed by atoms with Crippen molar-refractivity contribution in [2.24, 2.45) is 0 Å². The molecule has 7 nitrogen and oxygen atoms in total. The summed E-state index contributed by atoms with van der Waals surface area (Å²) < 4.78 is 26.0. The van der Waals surface area contributed by atoms with Gasteiger partial charge in [-0.1, -0.05) is 48.0 Å². The van der Waals surface area contributed by atoms with E-state index in [1.54, 1.807) is 28.9 Å². The number of hydrogen-bond donors (Lipinski definition) is 1. The minimum absolute atomic E-state index is 0.0176. The second-order valence-corrected chi connectivity index (χ2v) is 11.2. The molecule has 0 bridgehead atoms. The molecule has 1 unspecified atom stereocenters. The fourth-order valence-corrected chi connectivity index (χ4v) is 6.27. The van der Waals surface area contributed by atoms with Gasteiger partial charge in [0.15, 0.2) is 15.5 Å². The van der Waals surface area contributed by atoms with Crippen LogP contribution in [-0.4, -0.2) is 40.6 Å². The third-order valence-electron chi connectivity index (χ3n) is 6.22. The van der Waals surface area contributed by atoms with Gasteiger partial charge in [0.2, 0.25) is 0 Å². The van der Waals surface area contributed by atoms with Gasteiger partial charge < -0.3 is 5.32 Å². The Bertz CT molecular complexity index is 1530. The Kier molecular flexibility index (Phi) is 5.65. The number of fused-ring (bicyclic) bond motifs is 1. The highest BCUT2D eigenvalue weighted by Gasteiger charge is 2.32. The summed E-state index contributed by atoms with van der Waals surface area (Å²) in [5, 5.41) is 8.79. The van der Waals surface area contributed by atoms with Crippen LogP contribution in [-0.2, 0) is 9.84 Å². The van der Waals surface area contributed by atoms with Gasteiger partial charge in [-0.3, -0.25) is 4.79 Å². The maximum atomic E-state index is 13.5. The number of carbonyl (C=O) groups excluding carboxylic acids is 1. The van der Waals surface area contributed by atoms with Crippen molar-refractivity contribution in [2.45, 2.75) is 26.3 Å². The first-order valence-electron chi connectivity index (χ1n) is 11.0.